The van der Waals surface area contributed by atoms with Gasteiger partial charge in [0.05, 0.1) is 10.2 Å². The number of benzene rings is 2. The molecule has 0 bridgehead atoms. The normalized spacial score (nSPS) is 14.8. The van der Waals surface area contributed by atoms with Crippen molar-refractivity contribution in [3.63, 3.8) is 0 Å². The van der Waals surface area contributed by atoms with Crippen molar-refractivity contribution in [2.45, 2.75) is 13.3 Å². The highest BCUT2D eigenvalue weighted by Gasteiger charge is 2.27. The Morgan fingerprint density at radius 1 is 1.07 bits per heavy atom. The SMILES string of the molecule is CCc1cccc2sc(N3CCN(C(=O)c4c(F)cccc4F)CC3)nc12. The minimum atomic E-state index is -0.819. The van der Waals surface area contributed by atoms with Crippen molar-refractivity contribution in [3.8, 4) is 0 Å². The van der Waals surface area contributed by atoms with Gasteiger partial charge in [-0.3, -0.25) is 4.79 Å². The maximum absolute atomic E-state index is 13.9. The Morgan fingerprint density at radius 3 is 2.41 bits per heavy atom. The van der Waals surface area contributed by atoms with E-state index in [0.29, 0.717) is 26.2 Å². The second-order valence-electron chi connectivity index (χ2n) is 6.49. The number of fused-ring (bicyclic) bond motifs is 1. The number of piperazine rings is 1. The van der Waals surface area contributed by atoms with Gasteiger partial charge in [-0.05, 0) is 30.2 Å². The lowest BCUT2D eigenvalue weighted by atomic mass is 10.1. The number of rotatable bonds is 3. The number of anilines is 1. The first kappa shape index (κ1) is 17.9. The summed E-state index contributed by atoms with van der Waals surface area (Å²) < 4.78 is 28.9. The van der Waals surface area contributed by atoms with Gasteiger partial charge in [0, 0.05) is 26.2 Å². The topological polar surface area (TPSA) is 36.4 Å². The van der Waals surface area contributed by atoms with Gasteiger partial charge in [0.15, 0.2) is 5.13 Å². The van der Waals surface area contributed by atoms with Gasteiger partial charge in [-0.2, -0.15) is 0 Å². The molecular weight excluding hydrogens is 368 g/mol. The molecule has 4 rings (SSSR count). The molecule has 1 amide bonds. The van der Waals surface area contributed by atoms with Crippen molar-refractivity contribution in [2.24, 2.45) is 0 Å². The quantitative estimate of drug-likeness (QED) is 0.679. The van der Waals surface area contributed by atoms with Crippen LogP contribution < -0.4 is 4.90 Å². The lowest BCUT2D eigenvalue weighted by Gasteiger charge is -2.34. The molecule has 1 aromatic heterocycles. The zero-order valence-electron chi connectivity index (χ0n) is 14.9. The number of amides is 1. The molecule has 2 aromatic carbocycles. The molecule has 2 heterocycles. The lowest BCUT2D eigenvalue weighted by molar-refractivity contribution is 0.0737. The lowest BCUT2D eigenvalue weighted by Crippen LogP contribution is -2.49. The van der Waals surface area contributed by atoms with Crippen molar-refractivity contribution >= 4 is 32.6 Å². The van der Waals surface area contributed by atoms with Crippen LogP contribution in [0.15, 0.2) is 36.4 Å². The number of carbonyl (C=O) groups is 1. The second kappa shape index (κ2) is 7.23. The summed E-state index contributed by atoms with van der Waals surface area (Å²) in [5.74, 6) is -2.23. The number of aromatic nitrogens is 1. The Labute approximate surface area is 160 Å². The summed E-state index contributed by atoms with van der Waals surface area (Å²) in [4.78, 5) is 20.9. The van der Waals surface area contributed by atoms with Gasteiger partial charge in [-0.15, -0.1) is 0 Å². The summed E-state index contributed by atoms with van der Waals surface area (Å²) in [5.41, 5.74) is 1.78. The van der Waals surface area contributed by atoms with Gasteiger partial charge in [0.25, 0.3) is 5.91 Å². The van der Waals surface area contributed by atoms with E-state index < -0.39 is 23.1 Å². The van der Waals surface area contributed by atoms with Crippen molar-refractivity contribution in [3.05, 3.63) is 59.2 Å². The maximum atomic E-state index is 13.9. The number of hydrogen-bond acceptors (Lipinski definition) is 4. The fourth-order valence-electron chi connectivity index (χ4n) is 3.38. The molecule has 0 radical (unpaired) electrons. The molecule has 0 unspecified atom stereocenters. The summed E-state index contributed by atoms with van der Waals surface area (Å²) in [6.07, 6.45) is 0.928. The molecule has 3 aromatic rings. The Bertz CT molecular complexity index is 976. The number of aryl methyl sites for hydroxylation is 1. The number of nitrogens with zero attached hydrogens (tertiary/aromatic N) is 3. The van der Waals surface area contributed by atoms with Crippen LogP contribution in [-0.2, 0) is 6.42 Å². The number of thiazole rings is 1. The van der Waals surface area contributed by atoms with Crippen molar-refractivity contribution < 1.29 is 13.6 Å². The van der Waals surface area contributed by atoms with Crippen LogP contribution in [0.3, 0.4) is 0 Å². The van der Waals surface area contributed by atoms with E-state index in [-0.39, 0.29) is 0 Å². The smallest absolute Gasteiger partial charge is 0.259 e. The standard InChI is InChI=1S/C20H19F2N3OS/c1-2-13-5-3-8-16-18(13)23-20(27-16)25-11-9-24(10-12-25)19(26)17-14(21)6-4-7-15(17)22/h3-8H,2,9-12H2,1H3. The highest BCUT2D eigenvalue weighted by atomic mass is 32.1. The average Bonchev–Trinajstić information content (AvgIpc) is 3.12. The third-order valence-corrected chi connectivity index (χ3v) is 5.97. The predicted octanol–water partition coefficient (Wildman–Crippen LogP) is 4.10. The third kappa shape index (κ3) is 3.27. The highest BCUT2D eigenvalue weighted by Crippen LogP contribution is 2.31. The Kier molecular flexibility index (Phi) is 4.78. The van der Waals surface area contributed by atoms with E-state index in [0.717, 1.165) is 33.9 Å². The van der Waals surface area contributed by atoms with Gasteiger partial charge in [0.1, 0.15) is 17.2 Å². The number of halogens is 2. The molecule has 1 fully saturated rings. The van der Waals surface area contributed by atoms with Crippen LogP contribution in [0, 0.1) is 11.6 Å². The molecular formula is C20H19F2N3OS. The van der Waals surface area contributed by atoms with E-state index in [2.05, 4.69) is 24.0 Å². The van der Waals surface area contributed by atoms with E-state index in [9.17, 15) is 13.6 Å². The summed E-state index contributed by atoms with van der Waals surface area (Å²) >= 11 is 1.64. The first-order valence-electron chi connectivity index (χ1n) is 8.95. The Morgan fingerprint density at radius 2 is 1.74 bits per heavy atom. The van der Waals surface area contributed by atoms with E-state index in [4.69, 9.17) is 4.98 Å². The first-order valence-corrected chi connectivity index (χ1v) is 9.76. The van der Waals surface area contributed by atoms with Crippen LogP contribution in [0.1, 0.15) is 22.8 Å². The molecule has 0 N–H and O–H groups in total. The molecule has 140 valence electrons. The van der Waals surface area contributed by atoms with Crippen molar-refractivity contribution in [1.82, 2.24) is 9.88 Å². The van der Waals surface area contributed by atoms with E-state index in [1.165, 1.54) is 16.5 Å². The average molecular weight is 387 g/mol. The second-order valence-corrected chi connectivity index (χ2v) is 7.50. The minimum absolute atomic E-state index is 0.406. The van der Waals surface area contributed by atoms with Gasteiger partial charge < -0.3 is 9.80 Å². The number of hydrogen-bond donors (Lipinski definition) is 0. The summed E-state index contributed by atoms with van der Waals surface area (Å²) in [5, 5.41) is 0.926. The van der Waals surface area contributed by atoms with Crippen LogP contribution in [0.4, 0.5) is 13.9 Å². The van der Waals surface area contributed by atoms with Crippen LogP contribution in [-0.4, -0.2) is 42.0 Å². The number of carbonyl (C=O) groups excluding carboxylic acids is 1. The predicted molar refractivity (Wildman–Crippen MR) is 103 cm³/mol. The molecule has 0 aliphatic carbocycles. The van der Waals surface area contributed by atoms with Crippen LogP contribution in [0.2, 0.25) is 0 Å². The highest BCUT2D eigenvalue weighted by molar-refractivity contribution is 7.22. The minimum Gasteiger partial charge on any atom is -0.345 e. The molecule has 1 aliphatic rings. The molecule has 27 heavy (non-hydrogen) atoms. The summed E-state index contributed by atoms with van der Waals surface area (Å²) in [7, 11) is 0. The van der Waals surface area contributed by atoms with Gasteiger partial charge in [-0.25, -0.2) is 13.8 Å². The van der Waals surface area contributed by atoms with Crippen molar-refractivity contribution in [1.29, 1.82) is 0 Å². The summed E-state index contributed by atoms with van der Waals surface area (Å²) in [6, 6.07) is 9.68. The molecule has 0 saturated carbocycles. The molecule has 7 heteroatoms. The van der Waals surface area contributed by atoms with Crippen LogP contribution >= 0.6 is 11.3 Å². The van der Waals surface area contributed by atoms with E-state index >= 15 is 0 Å². The van der Waals surface area contributed by atoms with E-state index in [1.54, 1.807) is 11.3 Å². The molecule has 4 nitrogen and oxygen atoms in total. The Hall–Kier alpha value is -2.54. The van der Waals surface area contributed by atoms with Gasteiger partial charge in [0.2, 0.25) is 0 Å². The zero-order chi connectivity index (χ0) is 19.0. The number of para-hydroxylation sites is 1. The van der Waals surface area contributed by atoms with Gasteiger partial charge in [-0.1, -0.05) is 36.5 Å². The summed E-state index contributed by atoms with van der Waals surface area (Å²) in [6.45, 7) is 4.10. The van der Waals surface area contributed by atoms with Crippen LogP contribution in [0.25, 0.3) is 10.2 Å². The molecule has 0 atom stereocenters. The van der Waals surface area contributed by atoms with E-state index in [1.807, 2.05) is 6.07 Å². The molecule has 1 saturated heterocycles. The third-order valence-electron chi connectivity index (χ3n) is 4.89. The molecule has 1 aliphatic heterocycles. The fraction of sp³-hybridized carbons (Fsp3) is 0.300. The fourth-order valence-corrected chi connectivity index (χ4v) is 4.44. The Balaban J connectivity index is 1.50. The maximum Gasteiger partial charge on any atom is 0.259 e. The van der Waals surface area contributed by atoms with Gasteiger partial charge >= 0.3 is 0 Å². The zero-order valence-corrected chi connectivity index (χ0v) is 15.7. The van der Waals surface area contributed by atoms with Crippen LogP contribution in [0.5, 0.6) is 0 Å². The first-order chi connectivity index (χ1) is 13.1. The molecule has 0 spiro atoms. The largest absolute Gasteiger partial charge is 0.345 e. The monoisotopic (exact) mass is 387 g/mol. The van der Waals surface area contributed by atoms with Crippen molar-refractivity contribution in [2.75, 3.05) is 31.1 Å².